The molecule has 0 bridgehead atoms. The van der Waals surface area contributed by atoms with Gasteiger partial charge < -0.3 is 14.5 Å². The van der Waals surface area contributed by atoms with E-state index in [9.17, 15) is 4.39 Å². The van der Waals surface area contributed by atoms with Crippen molar-refractivity contribution < 1.29 is 14.0 Å². The van der Waals surface area contributed by atoms with Gasteiger partial charge >= 0.3 is 0 Å². The molecule has 5 heteroatoms. The van der Waals surface area contributed by atoms with Crippen LogP contribution >= 0.6 is 11.6 Å². The average molecular weight is 336 g/mol. The van der Waals surface area contributed by atoms with Crippen molar-refractivity contribution in [3.8, 4) is 5.75 Å². The molecule has 0 aliphatic carbocycles. The van der Waals surface area contributed by atoms with E-state index >= 15 is 0 Å². The van der Waals surface area contributed by atoms with E-state index in [4.69, 9.17) is 16.3 Å². The number of methoxy groups -OCH3 is 1. The molecule has 1 aliphatic rings. The van der Waals surface area contributed by atoms with E-state index in [-0.39, 0.29) is 5.82 Å². The number of piperazine rings is 1. The van der Waals surface area contributed by atoms with Crippen LogP contribution in [0.4, 0.5) is 10.1 Å². The number of ether oxygens (including phenoxy) is 1. The summed E-state index contributed by atoms with van der Waals surface area (Å²) in [6.07, 6.45) is 0. The summed E-state index contributed by atoms with van der Waals surface area (Å²) in [4.78, 5) is 3.67. The third-order valence-corrected chi connectivity index (χ3v) is 4.74. The van der Waals surface area contributed by atoms with Crippen LogP contribution < -0.4 is 14.5 Å². The molecule has 0 saturated carbocycles. The summed E-state index contributed by atoms with van der Waals surface area (Å²) in [6, 6.07) is 12.9. The van der Waals surface area contributed by atoms with Crippen molar-refractivity contribution in [1.82, 2.24) is 0 Å². The van der Waals surface area contributed by atoms with Crippen molar-refractivity contribution in [3.05, 3.63) is 58.9 Å². The van der Waals surface area contributed by atoms with Gasteiger partial charge in [-0.15, -0.1) is 0 Å². The maximum Gasteiger partial charge on any atom is 0.142 e. The number of anilines is 1. The lowest BCUT2D eigenvalue weighted by atomic mass is 10.1. The van der Waals surface area contributed by atoms with E-state index in [1.807, 2.05) is 18.2 Å². The fourth-order valence-electron chi connectivity index (χ4n) is 3.08. The molecule has 122 valence electrons. The predicted molar refractivity (Wildman–Crippen MR) is 91.0 cm³/mol. The fourth-order valence-corrected chi connectivity index (χ4v) is 3.31. The van der Waals surface area contributed by atoms with Crippen LogP contribution in [0.1, 0.15) is 5.56 Å². The molecule has 3 rings (SSSR count). The smallest absolute Gasteiger partial charge is 0.142 e. The minimum atomic E-state index is -0.211. The summed E-state index contributed by atoms with van der Waals surface area (Å²) >= 11 is 6.13. The van der Waals surface area contributed by atoms with Crippen LogP contribution in [0.2, 0.25) is 5.02 Å². The summed E-state index contributed by atoms with van der Waals surface area (Å²) in [6.45, 7) is 4.36. The van der Waals surface area contributed by atoms with Crippen LogP contribution in [0.25, 0.3) is 0 Å². The number of rotatable bonds is 4. The second kappa shape index (κ2) is 7.20. The summed E-state index contributed by atoms with van der Waals surface area (Å²) in [5.74, 6) is 0.685. The van der Waals surface area contributed by atoms with Gasteiger partial charge in [-0.25, -0.2) is 4.39 Å². The van der Waals surface area contributed by atoms with Gasteiger partial charge in [-0.2, -0.15) is 0 Å². The minimum absolute atomic E-state index is 0.211. The van der Waals surface area contributed by atoms with Crippen molar-refractivity contribution in [2.24, 2.45) is 0 Å². The van der Waals surface area contributed by atoms with E-state index in [0.29, 0.717) is 17.1 Å². The standard InChI is InChI=1S/C18H20ClFN2O/c1-23-18-8-3-2-7-17(18)22-11-9-21(10-12-22)13-14-15(19)5-4-6-16(14)20/h2-8H,9-13H2,1H3/p+1. The molecule has 1 fully saturated rings. The van der Waals surface area contributed by atoms with Gasteiger partial charge in [0.1, 0.15) is 18.1 Å². The zero-order chi connectivity index (χ0) is 16.2. The Morgan fingerprint density at radius 2 is 1.87 bits per heavy atom. The summed E-state index contributed by atoms with van der Waals surface area (Å²) < 4.78 is 19.4. The molecule has 3 nitrogen and oxygen atoms in total. The Hall–Kier alpha value is -1.78. The highest BCUT2D eigenvalue weighted by molar-refractivity contribution is 6.31. The Balaban J connectivity index is 1.65. The predicted octanol–water partition coefficient (Wildman–Crippen LogP) is 2.39. The Labute approximate surface area is 141 Å². The molecular weight excluding hydrogens is 315 g/mol. The quantitative estimate of drug-likeness (QED) is 0.924. The zero-order valence-corrected chi connectivity index (χ0v) is 13.9. The van der Waals surface area contributed by atoms with Gasteiger partial charge in [0.25, 0.3) is 0 Å². The summed E-state index contributed by atoms with van der Waals surface area (Å²) in [7, 11) is 1.69. The number of quaternary nitrogens is 1. The van der Waals surface area contributed by atoms with Crippen LogP contribution in [0.3, 0.4) is 0 Å². The summed E-state index contributed by atoms with van der Waals surface area (Å²) in [5.41, 5.74) is 1.74. The van der Waals surface area contributed by atoms with Crippen LogP contribution in [0, 0.1) is 5.82 Å². The van der Waals surface area contributed by atoms with E-state index in [2.05, 4.69) is 11.0 Å². The van der Waals surface area contributed by atoms with E-state index < -0.39 is 0 Å². The Morgan fingerprint density at radius 1 is 1.13 bits per heavy atom. The Kier molecular flexibility index (Phi) is 5.03. The minimum Gasteiger partial charge on any atom is -0.495 e. The molecule has 0 spiro atoms. The number of halogens is 2. The monoisotopic (exact) mass is 335 g/mol. The highest BCUT2D eigenvalue weighted by Crippen LogP contribution is 2.27. The van der Waals surface area contributed by atoms with Crippen molar-refractivity contribution >= 4 is 17.3 Å². The van der Waals surface area contributed by atoms with Gasteiger partial charge in [0.2, 0.25) is 0 Å². The SMILES string of the molecule is COc1ccccc1N1CC[NH+](Cc2c(F)cccc2Cl)CC1. The first-order valence-corrected chi connectivity index (χ1v) is 8.21. The first kappa shape index (κ1) is 16.1. The van der Waals surface area contributed by atoms with Crippen molar-refractivity contribution in [2.45, 2.75) is 6.54 Å². The maximum absolute atomic E-state index is 13.9. The molecule has 1 aliphatic heterocycles. The maximum atomic E-state index is 13.9. The normalized spacial score (nSPS) is 15.7. The fraction of sp³-hybridized carbons (Fsp3) is 0.333. The summed E-state index contributed by atoms with van der Waals surface area (Å²) in [5, 5.41) is 0.518. The third kappa shape index (κ3) is 3.59. The first-order valence-electron chi connectivity index (χ1n) is 7.83. The Morgan fingerprint density at radius 3 is 2.57 bits per heavy atom. The largest absolute Gasteiger partial charge is 0.495 e. The van der Waals surface area contributed by atoms with Crippen LogP contribution in [-0.4, -0.2) is 33.3 Å². The molecule has 1 heterocycles. The van der Waals surface area contributed by atoms with Gasteiger partial charge in [0.05, 0.1) is 49.6 Å². The van der Waals surface area contributed by atoms with E-state index in [0.717, 1.165) is 37.6 Å². The second-order valence-electron chi connectivity index (χ2n) is 5.79. The molecule has 2 aromatic rings. The van der Waals surface area contributed by atoms with E-state index in [1.165, 1.54) is 11.0 Å². The topological polar surface area (TPSA) is 16.9 Å². The molecule has 0 radical (unpaired) electrons. The number of hydrogen-bond donors (Lipinski definition) is 1. The van der Waals surface area contributed by atoms with Crippen molar-refractivity contribution in [3.63, 3.8) is 0 Å². The molecular formula is C18H21ClFN2O+. The highest BCUT2D eigenvalue weighted by Gasteiger charge is 2.23. The molecule has 0 amide bonds. The van der Waals surface area contributed by atoms with Crippen molar-refractivity contribution in [1.29, 1.82) is 0 Å². The van der Waals surface area contributed by atoms with E-state index in [1.54, 1.807) is 19.2 Å². The van der Waals surface area contributed by atoms with Gasteiger partial charge in [-0.3, -0.25) is 0 Å². The lowest BCUT2D eigenvalue weighted by Crippen LogP contribution is -3.13. The third-order valence-electron chi connectivity index (χ3n) is 4.38. The number of hydrogen-bond acceptors (Lipinski definition) is 2. The van der Waals surface area contributed by atoms with Crippen LogP contribution in [0.15, 0.2) is 42.5 Å². The van der Waals surface area contributed by atoms with Crippen LogP contribution in [0.5, 0.6) is 5.75 Å². The van der Waals surface area contributed by atoms with Crippen LogP contribution in [-0.2, 0) is 6.54 Å². The highest BCUT2D eigenvalue weighted by atomic mass is 35.5. The number of benzene rings is 2. The molecule has 23 heavy (non-hydrogen) atoms. The van der Waals surface area contributed by atoms with Gasteiger partial charge in [-0.05, 0) is 24.3 Å². The molecule has 0 atom stereocenters. The lowest BCUT2D eigenvalue weighted by molar-refractivity contribution is -0.914. The number of nitrogens with zero attached hydrogens (tertiary/aromatic N) is 1. The number of nitrogens with one attached hydrogen (secondary N) is 1. The molecule has 2 aromatic carbocycles. The zero-order valence-electron chi connectivity index (χ0n) is 13.2. The molecule has 1 saturated heterocycles. The van der Waals surface area contributed by atoms with Gasteiger partial charge in [0, 0.05) is 0 Å². The number of para-hydroxylation sites is 2. The van der Waals surface area contributed by atoms with Crippen molar-refractivity contribution in [2.75, 3.05) is 38.2 Å². The Bertz CT molecular complexity index is 652. The first-order chi connectivity index (χ1) is 11.2. The second-order valence-corrected chi connectivity index (χ2v) is 6.19. The lowest BCUT2D eigenvalue weighted by Gasteiger charge is -2.34. The van der Waals surface area contributed by atoms with Gasteiger partial charge in [-0.1, -0.05) is 29.8 Å². The molecule has 0 unspecified atom stereocenters. The van der Waals surface area contributed by atoms with Gasteiger partial charge in [0.15, 0.2) is 0 Å². The average Bonchev–Trinajstić information content (AvgIpc) is 2.59. The molecule has 1 N–H and O–H groups in total. The molecule has 0 aromatic heterocycles.